The molecule has 0 aliphatic heterocycles. The number of hydrogen-bond donors (Lipinski definition) is 0. The van der Waals surface area contributed by atoms with Crippen LogP contribution < -0.4 is 0 Å². The standard InChI is InChI=1S/C4H5FO2/c1-2-3-7-4(5)6/h2H,1,3H2. The highest BCUT2D eigenvalue weighted by atomic mass is 19.1. The average molecular weight is 104 g/mol. The summed E-state index contributed by atoms with van der Waals surface area (Å²) in [5.41, 5.74) is 0. The largest absolute Gasteiger partial charge is 0.495 e. The maximum atomic E-state index is 11.0. The maximum absolute atomic E-state index is 11.0. The van der Waals surface area contributed by atoms with Crippen molar-refractivity contribution in [2.24, 2.45) is 0 Å². The quantitative estimate of drug-likeness (QED) is 0.389. The molecule has 0 aliphatic carbocycles. The molecule has 0 unspecified atom stereocenters. The van der Waals surface area contributed by atoms with Crippen molar-refractivity contribution < 1.29 is 13.9 Å². The molecule has 0 aliphatic rings. The Morgan fingerprint density at radius 1 is 2.00 bits per heavy atom. The van der Waals surface area contributed by atoms with Crippen LogP contribution in [0.1, 0.15) is 0 Å². The van der Waals surface area contributed by atoms with Gasteiger partial charge >= 0.3 is 6.22 Å². The number of carbonyl (C=O) groups is 1. The first-order valence-corrected chi connectivity index (χ1v) is 1.70. The first kappa shape index (κ1) is 6.14. The van der Waals surface area contributed by atoms with Gasteiger partial charge in [-0.1, -0.05) is 12.7 Å². The monoisotopic (exact) mass is 104 g/mol. The molecule has 0 fully saturated rings. The fraction of sp³-hybridized carbons (Fsp3) is 0.250. The molecule has 0 heterocycles. The molecule has 3 heteroatoms. The molecular formula is C4H5FO2. The van der Waals surface area contributed by atoms with E-state index in [4.69, 9.17) is 0 Å². The van der Waals surface area contributed by atoms with E-state index < -0.39 is 6.22 Å². The third kappa shape index (κ3) is 5.14. The van der Waals surface area contributed by atoms with E-state index in [1.807, 2.05) is 0 Å². The van der Waals surface area contributed by atoms with Gasteiger partial charge in [0.05, 0.1) is 0 Å². The van der Waals surface area contributed by atoms with Gasteiger partial charge in [-0.15, -0.1) is 4.39 Å². The second kappa shape index (κ2) is 3.33. The van der Waals surface area contributed by atoms with Gasteiger partial charge in [0.15, 0.2) is 0 Å². The molecule has 0 bridgehead atoms. The van der Waals surface area contributed by atoms with E-state index in [1.54, 1.807) is 0 Å². The van der Waals surface area contributed by atoms with E-state index in [9.17, 15) is 9.18 Å². The zero-order valence-electron chi connectivity index (χ0n) is 3.69. The maximum Gasteiger partial charge on any atom is 0.495 e. The van der Waals surface area contributed by atoms with Crippen molar-refractivity contribution in [3.8, 4) is 0 Å². The topological polar surface area (TPSA) is 26.3 Å². The molecule has 0 aromatic rings. The number of carbonyl (C=O) groups excluding carboxylic acids is 1. The van der Waals surface area contributed by atoms with E-state index >= 15 is 0 Å². The summed E-state index contributed by atoms with van der Waals surface area (Å²) in [4.78, 5) is 9.27. The summed E-state index contributed by atoms with van der Waals surface area (Å²) in [5.74, 6) is 0. The van der Waals surface area contributed by atoms with Crippen LogP contribution in [-0.4, -0.2) is 12.8 Å². The molecule has 7 heavy (non-hydrogen) atoms. The van der Waals surface area contributed by atoms with Gasteiger partial charge in [0, 0.05) is 0 Å². The van der Waals surface area contributed by atoms with Gasteiger partial charge in [0.1, 0.15) is 6.61 Å². The molecule has 0 saturated heterocycles. The lowest BCUT2D eigenvalue weighted by molar-refractivity contribution is 0.132. The predicted molar refractivity (Wildman–Crippen MR) is 22.7 cm³/mol. The zero-order valence-corrected chi connectivity index (χ0v) is 3.69. The summed E-state index contributed by atoms with van der Waals surface area (Å²) in [7, 11) is 0. The second-order valence-electron chi connectivity index (χ2n) is 0.837. The fourth-order valence-electron chi connectivity index (χ4n) is 0.124. The highest BCUT2D eigenvalue weighted by Gasteiger charge is 1.90. The minimum atomic E-state index is -1.76. The molecule has 0 aromatic heterocycles. The van der Waals surface area contributed by atoms with Gasteiger partial charge < -0.3 is 4.74 Å². The molecule has 0 amide bonds. The van der Waals surface area contributed by atoms with E-state index in [-0.39, 0.29) is 6.61 Å². The third-order valence-corrected chi connectivity index (χ3v) is 0.315. The van der Waals surface area contributed by atoms with Crippen LogP contribution >= 0.6 is 0 Å². The molecule has 0 aromatic carbocycles. The predicted octanol–water partition coefficient (Wildman–Crippen LogP) is 1.28. The Balaban J connectivity index is 2.97. The summed E-state index contributed by atoms with van der Waals surface area (Å²) < 4.78 is 14.7. The molecule has 40 valence electrons. The number of rotatable bonds is 2. The molecule has 0 saturated carbocycles. The molecule has 0 atom stereocenters. The Hall–Kier alpha value is -0.860. The van der Waals surface area contributed by atoms with Gasteiger partial charge in [0.25, 0.3) is 0 Å². The lowest BCUT2D eigenvalue weighted by Crippen LogP contribution is -1.92. The Kier molecular flexibility index (Phi) is 2.92. The van der Waals surface area contributed by atoms with Crippen molar-refractivity contribution in [2.45, 2.75) is 0 Å². The highest BCUT2D eigenvalue weighted by Crippen LogP contribution is 1.79. The summed E-state index contributed by atoms with van der Waals surface area (Å²) >= 11 is 0. The SMILES string of the molecule is C=CCOC(=O)F. The van der Waals surface area contributed by atoms with Crippen molar-refractivity contribution in [2.75, 3.05) is 6.61 Å². The van der Waals surface area contributed by atoms with Gasteiger partial charge in [-0.3, -0.25) is 0 Å². The molecule has 0 rings (SSSR count). The van der Waals surface area contributed by atoms with E-state index in [1.165, 1.54) is 6.08 Å². The molecule has 0 spiro atoms. The van der Waals surface area contributed by atoms with Crippen LogP contribution in [0.15, 0.2) is 12.7 Å². The van der Waals surface area contributed by atoms with Gasteiger partial charge in [-0.05, 0) is 0 Å². The van der Waals surface area contributed by atoms with Crippen molar-refractivity contribution in [3.05, 3.63) is 12.7 Å². The fourth-order valence-corrected chi connectivity index (χ4v) is 0.124. The Labute approximate surface area is 40.6 Å². The molecule has 0 radical (unpaired) electrons. The van der Waals surface area contributed by atoms with Crippen LogP contribution in [0.4, 0.5) is 9.18 Å². The first-order valence-electron chi connectivity index (χ1n) is 1.70. The minimum Gasteiger partial charge on any atom is -0.436 e. The first-order chi connectivity index (χ1) is 3.27. The Morgan fingerprint density at radius 2 is 2.57 bits per heavy atom. The Bertz CT molecular complexity index is 79.8. The van der Waals surface area contributed by atoms with Crippen molar-refractivity contribution in [1.82, 2.24) is 0 Å². The summed E-state index contributed by atoms with van der Waals surface area (Å²) in [6.45, 7) is 3.13. The number of ether oxygens (including phenoxy) is 1. The highest BCUT2D eigenvalue weighted by molar-refractivity contribution is 5.57. The van der Waals surface area contributed by atoms with Gasteiger partial charge in [0.2, 0.25) is 0 Å². The molecular weight excluding hydrogens is 99.0 g/mol. The van der Waals surface area contributed by atoms with Crippen molar-refractivity contribution in [3.63, 3.8) is 0 Å². The molecule has 0 N–H and O–H groups in total. The summed E-state index contributed by atoms with van der Waals surface area (Å²) in [5, 5.41) is 0. The van der Waals surface area contributed by atoms with Crippen LogP contribution in [-0.2, 0) is 4.74 Å². The van der Waals surface area contributed by atoms with Gasteiger partial charge in [-0.25, -0.2) is 4.79 Å². The number of halogens is 1. The zero-order chi connectivity index (χ0) is 5.70. The van der Waals surface area contributed by atoms with Crippen LogP contribution in [0.3, 0.4) is 0 Å². The van der Waals surface area contributed by atoms with Crippen LogP contribution in [0, 0.1) is 0 Å². The van der Waals surface area contributed by atoms with E-state index in [0.29, 0.717) is 0 Å². The lowest BCUT2D eigenvalue weighted by Gasteiger charge is -1.86. The lowest BCUT2D eigenvalue weighted by atomic mass is 10.7. The third-order valence-electron chi connectivity index (χ3n) is 0.315. The van der Waals surface area contributed by atoms with Crippen LogP contribution in [0.25, 0.3) is 0 Å². The minimum absolute atomic E-state index is 0.0602. The average Bonchev–Trinajstić information content (AvgIpc) is 1.61. The molecule has 2 nitrogen and oxygen atoms in total. The van der Waals surface area contributed by atoms with Crippen molar-refractivity contribution in [1.29, 1.82) is 0 Å². The van der Waals surface area contributed by atoms with E-state index in [2.05, 4.69) is 11.3 Å². The summed E-state index contributed by atoms with van der Waals surface area (Å²) in [6.07, 6.45) is -0.475. The van der Waals surface area contributed by atoms with Crippen LogP contribution in [0.5, 0.6) is 0 Å². The van der Waals surface area contributed by atoms with Crippen molar-refractivity contribution >= 4 is 6.22 Å². The smallest absolute Gasteiger partial charge is 0.436 e. The Morgan fingerprint density at radius 3 is 2.71 bits per heavy atom. The van der Waals surface area contributed by atoms with Crippen LogP contribution in [0.2, 0.25) is 0 Å². The summed E-state index contributed by atoms with van der Waals surface area (Å²) in [6, 6.07) is 0. The van der Waals surface area contributed by atoms with Gasteiger partial charge in [-0.2, -0.15) is 0 Å². The second-order valence-corrected chi connectivity index (χ2v) is 0.837. The van der Waals surface area contributed by atoms with E-state index in [0.717, 1.165) is 0 Å². The number of hydrogen-bond acceptors (Lipinski definition) is 2. The normalized spacial score (nSPS) is 7.57.